The smallest absolute Gasteiger partial charge is 0.337 e. The zero-order chi connectivity index (χ0) is 11.0. The van der Waals surface area contributed by atoms with Crippen LogP contribution in [0.15, 0.2) is 24.4 Å². The van der Waals surface area contributed by atoms with Gasteiger partial charge in [-0.2, -0.15) is 0 Å². The molecule has 2 rings (SSSR count). The molecule has 1 aromatic heterocycles. The van der Waals surface area contributed by atoms with Crippen LogP contribution in [0.25, 0.3) is 10.9 Å². The fourth-order valence-corrected chi connectivity index (χ4v) is 1.97. The van der Waals surface area contributed by atoms with Crippen LogP contribution < -0.4 is 0 Å². The van der Waals surface area contributed by atoms with Gasteiger partial charge in [-0.3, -0.25) is 0 Å². The number of nitrogens with zero attached hydrogens (tertiary/aromatic N) is 1. The molecule has 0 aliphatic rings. The predicted molar refractivity (Wildman–Crippen MR) is 59.6 cm³/mol. The van der Waals surface area contributed by atoms with Gasteiger partial charge in [-0.25, -0.2) is 4.79 Å². The maximum absolute atomic E-state index is 11.1. The molecule has 3 nitrogen and oxygen atoms in total. The summed E-state index contributed by atoms with van der Waals surface area (Å²) in [6.45, 7) is 2.71. The Hall–Kier alpha value is -1.48. The van der Waals surface area contributed by atoms with E-state index in [2.05, 4.69) is 0 Å². The minimum Gasteiger partial charge on any atom is -0.478 e. The van der Waals surface area contributed by atoms with E-state index in [-0.39, 0.29) is 5.56 Å². The SMILES string of the molecule is CCn1ccc2cc(Cl)cc(C(=O)O)c21. The van der Waals surface area contributed by atoms with Crippen molar-refractivity contribution in [3.05, 3.63) is 35.0 Å². The molecular formula is C11H10ClNO2. The van der Waals surface area contributed by atoms with Gasteiger partial charge in [0.05, 0.1) is 11.1 Å². The summed E-state index contributed by atoms with van der Waals surface area (Å²) in [6.07, 6.45) is 1.87. The molecule has 0 atom stereocenters. The predicted octanol–water partition coefficient (Wildman–Crippen LogP) is 3.01. The normalized spacial score (nSPS) is 10.8. The maximum Gasteiger partial charge on any atom is 0.337 e. The van der Waals surface area contributed by atoms with Crippen LogP contribution in [0.3, 0.4) is 0 Å². The van der Waals surface area contributed by atoms with E-state index in [1.807, 2.05) is 23.8 Å². The Kier molecular flexibility index (Phi) is 2.40. The lowest BCUT2D eigenvalue weighted by molar-refractivity contribution is 0.0698. The molecule has 0 amide bonds. The summed E-state index contributed by atoms with van der Waals surface area (Å²) in [5.41, 5.74) is 0.985. The molecule has 0 saturated carbocycles. The number of hydrogen-bond acceptors (Lipinski definition) is 1. The standard InChI is InChI=1S/C11H10ClNO2/c1-2-13-4-3-7-5-8(12)6-9(10(7)13)11(14)15/h3-6H,2H2,1H3,(H,14,15). The molecule has 15 heavy (non-hydrogen) atoms. The lowest BCUT2D eigenvalue weighted by atomic mass is 10.1. The molecule has 2 aromatic rings. The fraction of sp³-hybridized carbons (Fsp3) is 0.182. The van der Waals surface area contributed by atoms with Crippen LogP contribution in [0.1, 0.15) is 17.3 Å². The Balaban J connectivity index is 2.85. The number of fused-ring (bicyclic) bond motifs is 1. The van der Waals surface area contributed by atoms with Gasteiger partial charge >= 0.3 is 5.97 Å². The highest BCUT2D eigenvalue weighted by Gasteiger charge is 2.13. The third-order valence-corrected chi connectivity index (χ3v) is 2.61. The van der Waals surface area contributed by atoms with Gasteiger partial charge in [-0.1, -0.05) is 11.6 Å². The number of benzene rings is 1. The van der Waals surface area contributed by atoms with Gasteiger partial charge in [-0.15, -0.1) is 0 Å². The van der Waals surface area contributed by atoms with Crippen LogP contribution in [0.5, 0.6) is 0 Å². The van der Waals surface area contributed by atoms with Crippen molar-refractivity contribution in [3.8, 4) is 0 Å². The van der Waals surface area contributed by atoms with Crippen molar-refractivity contribution in [1.29, 1.82) is 0 Å². The average molecular weight is 224 g/mol. The quantitative estimate of drug-likeness (QED) is 0.851. The Bertz CT molecular complexity index is 531. The van der Waals surface area contributed by atoms with Crippen LogP contribution in [0, 0.1) is 0 Å². The van der Waals surface area contributed by atoms with Crippen molar-refractivity contribution in [2.45, 2.75) is 13.5 Å². The van der Waals surface area contributed by atoms with Crippen LogP contribution in [0.2, 0.25) is 5.02 Å². The monoisotopic (exact) mass is 223 g/mol. The summed E-state index contributed by atoms with van der Waals surface area (Å²) >= 11 is 5.85. The second-order valence-electron chi connectivity index (χ2n) is 3.30. The largest absolute Gasteiger partial charge is 0.478 e. The molecule has 0 radical (unpaired) electrons. The first-order valence-corrected chi connectivity index (χ1v) is 5.03. The molecule has 0 aliphatic carbocycles. The van der Waals surface area contributed by atoms with Gasteiger partial charge in [0, 0.05) is 23.2 Å². The van der Waals surface area contributed by atoms with Crippen molar-refractivity contribution in [3.63, 3.8) is 0 Å². The van der Waals surface area contributed by atoms with Crippen molar-refractivity contribution in [2.75, 3.05) is 0 Å². The zero-order valence-electron chi connectivity index (χ0n) is 8.20. The Labute approximate surface area is 91.9 Å². The third kappa shape index (κ3) is 1.59. The molecule has 4 heteroatoms. The van der Waals surface area contributed by atoms with Gasteiger partial charge in [-0.05, 0) is 25.1 Å². The molecule has 0 saturated heterocycles. The highest BCUT2D eigenvalue weighted by molar-refractivity contribution is 6.32. The molecule has 0 spiro atoms. The number of hydrogen-bond donors (Lipinski definition) is 1. The highest BCUT2D eigenvalue weighted by Crippen LogP contribution is 2.25. The summed E-state index contributed by atoms with van der Waals surface area (Å²) in [4.78, 5) is 11.1. The summed E-state index contributed by atoms with van der Waals surface area (Å²) in [5.74, 6) is -0.948. The topological polar surface area (TPSA) is 42.2 Å². The van der Waals surface area contributed by atoms with E-state index in [9.17, 15) is 4.79 Å². The molecular weight excluding hydrogens is 214 g/mol. The van der Waals surface area contributed by atoms with Crippen LogP contribution in [-0.2, 0) is 6.54 Å². The number of rotatable bonds is 2. The highest BCUT2D eigenvalue weighted by atomic mass is 35.5. The molecule has 0 aliphatic heterocycles. The second kappa shape index (κ2) is 3.59. The number of carboxylic acids is 1. The number of carboxylic acid groups (broad SMARTS) is 1. The average Bonchev–Trinajstić information content (AvgIpc) is 2.58. The first-order valence-electron chi connectivity index (χ1n) is 4.65. The summed E-state index contributed by atoms with van der Waals surface area (Å²) in [6, 6.07) is 5.13. The van der Waals surface area contributed by atoms with Crippen molar-refractivity contribution in [2.24, 2.45) is 0 Å². The minimum atomic E-state index is -0.948. The molecule has 0 fully saturated rings. The molecule has 0 unspecified atom stereocenters. The zero-order valence-corrected chi connectivity index (χ0v) is 8.95. The number of aromatic carboxylic acids is 1. The third-order valence-electron chi connectivity index (χ3n) is 2.40. The van der Waals surface area contributed by atoms with Gasteiger partial charge in [0.1, 0.15) is 0 Å². The van der Waals surface area contributed by atoms with Crippen LogP contribution in [-0.4, -0.2) is 15.6 Å². The first-order chi connectivity index (χ1) is 7.13. The first kappa shape index (κ1) is 10.1. The Morgan fingerprint density at radius 1 is 1.53 bits per heavy atom. The van der Waals surface area contributed by atoms with E-state index in [0.717, 1.165) is 17.4 Å². The van der Waals surface area contributed by atoms with E-state index in [1.165, 1.54) is 6.07 Å². The molecule has 78 valence electrons. The Morgan fingerprint density at radius 3 is 2.87 bits per heavy atom. The second-order valence-corrected chi connectivity index (χ2v) is 3.73. The van der Waals surface area contributed by atoms with E-state index >= 15 is 0 Å². The number of aryl methyl sites for hydroxylation is 1. The lowest BCUT2D eigenvalue weighted by Gasteiger charge is -2.05. The molecule has 1 N–H and O–H groups in total. The fourth-order valence-electron chi connectivity index (χ4n) is 1.74. The number of aromatic nitrogens is 1. The van der Waals surface area contributed by atoms with E-state index in [1.54, 1.807) is 6.07 Å². The maximum atomic E-state index is 11.1. The van der Waals surface area contributed by atoms with Gasteiger partial charge in [0.2, 0.25) is 0 Å². The van der Waals surface area contributed by atoms with Crippen LogP contribution in [0.4, 0.5) is 0 Å². The van der Waals surface area contributed by atoms with Crippen molar-refractivity contribution < 1.29 is 9.90 Å². The summed E-state index contributed by atoms with van der Waals surface area (Å²) < 4.78 is 1.90. The van der Waals surface area contributed by atoms with Gasteiger partial charge in [0.25, 0.3) is 0 Å². The van der Waals surface area contributed by atoms with E-state index < -0.39 is 5.97 Å². The van der Waals surface area contributed by atoms with E-state index in [0.29, 0.717) is 5.02 Å². The number of carbonyl (C=O) groups is 1. The Morgan fingerprint density at radius 2 is 2.27 bits per heavy atom. The minimum absolute atomic E-state index is 0.254. The van der Waals surface area contributed by atoms with Gasteiger partial charge in [0.15, 0.2) is 0 Å². The van der Waals surface area contributed by atoms with Crippen LogP contribution >= 0.6 is 11.6 Å². The lowest BCUT2D eigenvalue weighted by Crippen LogP contribution is -2.02. The summed E-state index contributed by atoms with van der Waals surface area (Å²) in [7, 11) is 0. The van der Waals surface area contributed by atoms with Crippen molar-refractivity contribution >= 4 is 28.5 Å². The van der Waals surface area contributed by atoms with Crippen molar-refractivity contribution in [1.82, 2.24) is 4.57 Å². The molecule has 1 heterocycles. The molecule has 0 bridgehead atoms. The number of halogens is 1. The molecule has 1 aromatic carbocycles. The van der Waals surface area contributed by atoms with Gasteiger partial charge < -0.3 is 9.67 Å². The van der Waals surface area contributed by atoms with E-state index in [4.69, 9.17) is 16.7 Å². The summed E-state index contributed by atoms with van der Waals surface area (Å²) in [5, 5.41) is 10.4.